The molecule has 0 radical (unpaired) electrons. The van der Waals surface area contributed by atoms with Crippen LogP contribution < -0.4 is 0 Å². The standard InChI is InChI=1S/C7H11F3O3/c1-2-3-13-5(4-6(11)12)7(8,9)10/h5H,2-4H2,1H3,(H,11,12). The number of hydrogen-bond donors (Lipinski definition) is 1. The van der Waals surface area contributed by atoms with Crippen LogP contribution in [0.25, 0.3) is 0 Å². The maximum absolute atomic E-state index is 12.0. The smallest absolute Gasteiger partial charge is 0.415 e. The number of carboxylic acid groups (broad SMARTS) is 1. The third kappa shape index (κ3) is 5.46. The summed E-state index contributed by atoms with van der Waals surface area (Å²) in [4.78, 5) is 10.0. The van der Waals surface area contributed by atoms with Crippen LogP contribution in [0.15, 0.2) is 0 Å². The molecular weight excluding hydrogens is 189 g/mol. The van der Waals surface area contributed by atoms with Crippen molar-refractivity contribution in [2.24, 2.45) is 0 Å². The number of carbonyl (C=O) groups is 1. The number of hydrogen-bond acceptors (Lipinski definition) is 2. The predicted octanol–water partition coefficient (Wildman–Crippen LogP) is 1.82. The minimum Gasteiger partial charge on any atom is -0.481 e. The normalized spacial score (nSPS) is 14.2. The molecule has 0 amide bonds. The van der Waals surface area contributed by atoms with E-state index in [1.165, 1.54) is 0 Å². The van der Waals surface area contributed by atoms with Gasteiger partial charge in [0.05, 0.1) is 6.42 Å². The monoisotopic (exact) mass is 200 g/mol. The summed E-state index contributed by atoms with van der Waals surface area (Å²) in [5, 5.41) is 8.17. The highest BCUT2D eigenvalue weighted by Gasteiger charge is 2.41. The fourth-order valence-corrected chi connectivity index (χ4v) is 0.688. The first-order chi connectivity index (χ1) is 5.88. The molecule has 6 heteroatoms. The van der Waals surface area contributed by atoms with E-state index in [0.717, 1.165) is 0 Å². The van der Waals surface area contributed by atoms with E-state index in [-0.39, 0.29) is 6.61 Å². The van der Waals surface area contributed by atoms with Crippen LogP contribution in [-0.4, -0.2) is 30.0 Å². The molecule has 0 saturated carbocycles. The molecule has 0 aromatic carbocycles. The van der Waals surface area contributed by atoms with Crippen LogP contribution >= 0.6 is 0 Å². The van der Waals surface area contributed by atoms with Gasteiger partial charge in [-0.1, -0.05) is 6.92 Å². The van der Waals surface area contributed by atoms with Gasteiger partial charge in [0.2, 0.25) is 0 Å². The van der Waals surface area contributed by atoms with E-state index in [4.69, 9.17) is 5.11 Å². The van der Waals surface area contributed by atoms with Crippen LogP contribution in [-0.2, 0) is 9.53 Å². The second-order valence-electron chi connectivity index (χ2n) is 2.50. The van der Waals surface area contributed by atoms with Crippen LogP contribution in [0.5, 0.6) is 0 Å². The summed E-state index contributed by atoms with van der Waals surface area (Å²) >= 11 is 0. The Balaban J connectivity index is 4.11. The van der Waals surface area contributed by atoms with E-state index in [9.17, 15) is 18.0 Å². The van der Waals surface area contributed by atoms with Crippen LogP contribution in [0.4, 0.5) is 13.2 Å². The maximum Gasteiger partial charge on any atom is 0.415 e. The van der Waals surface area contributed by atoms with Crippen molar-refractivity contribution in [1.82, 2.24) is 0 Å². The fourth-order valence-electron chi connectivity index (χ4n) is 0.688. The second kappa shape index (κ2) is 5.06. The Morgan fingerprint density at radius 2 is 2.08 bits per heavy atom. The van der Waals surface area contributed by atoms with Gasteiger partial charge in [0.15, 0.2) is 6.10 Å². The Morgan fingerprint density at radius 1 is 1.54 bits per heavy atom. The molecule has 78 valence electrons. The van der Waals surface area contributed by atoms with Gasteiger partial charge in [-0.2, -0.15) is 13.2 Å². The molecule has 1 N–H and O–H groups in total. The average Bonchev–Trinajstić information content (AvgIpc) is 1.95. The van der Waals surface area contributed by atoms with Crippen molar-refractivity contribution in [3.8, 4) is 0 Å². The van der Waals surface area contributed by atoms with E-state index in [2.05, 4.69) is 4.74 Å². The van der Waals surface area contributed by atoms with E-state index in [0.29, 0.717) is 6.42 Å². The van der Waals surface area contributed by atoms with Crippen molar-refractivity contribution in [2.45, 2.75) is 32.0 Å². The first-order valence-electron chi connectivity index (χ1n) is 3.78. The molecule has 0 bridgehead atoms. The van der Waals surface area contributed by atoms with Gasteiger partial charge in [-0.15, -0.1) is 0 Å². The summed E-state index contributed by atoms with van der Waals surface area (Å²) in [6.45, 7) is 1.56. The molecule has 0 aliphatic rings. The third-order valence-electron chi connectivity index (χ3n) is 1.25. The highest BCUT2D eigenvalue weighted by atomic mass is 19.4. The Labute approximate surface area is 73.5 Å². The van der Waals surface area contributed by atoms with Gasteiger partial charge < -0.3 is 9.84 Å². The largest absolute Gasteiger partial charge is 0.481 e. The number of alkyl halides is 3. The van der Waals surface area contributed by atoms with Gasteiger partial charge in [0, 0.05) is 6.61 Å². The number of ether oxygens (including phenoxy) is 1. The zero-order valence-corrected chi connectivity index (χ0v) is 7.10. The lowest BCUT2D eigenvalue weighted by molar-refractivity contribution is -0.224. The second-order valence-corrected chi connectivity index (χ2v) is 2.50. The molecule has 1 unspecified atom stereocenters. The number of rotatable bonds is 5. The molecule has 3 nitrogen and oxygen atoms in total. The van der Waals surface area contributed by atoms with E-state index < -0.39 is 24.7 Å². The van der Waals surface area contributed by atoms with E-state index in [1.807, 2.05) is 0 Å². The van der Waals surface area contributed by atoms with Gasteiger partial charge in [-0.25, -0.2) is 0 Å². The Morgan fingerprint density at radius 3 is 2.38 bits per heavy atom. The summed E-state index contributed by atoms with van der Waals surface area (Å²) < 4.78 is 40.4. The van der Waals surface area contributed by atoms with Crippen LogP contribution in [0.3, 0.4) is 0 Å². The molecule has 13 heavy (non-hydrogen) atoms. The summed E-state index contributed by atoms with van der Waals surface area (Å²) in [5.41, 5.74) is 0. The molecule has 0 aliphatic carbocycles. The van der Waals surface area contributed by atoms with Crippen molar-refractivity contribution in [3.63, 3.8) is 0 Å². The minimum atomic E-state index is -4.60. The number of halogens is 3. The predicted molar refractivity (Wildman–Crippen MR) is 38.3 cm³/mol. The quantitative estimate of drug-likeness (QED) is 0.736. The Bertz CT molecular complexity index is 167. The van der Waals surface area contributed by atoms with Crippen LogP contribution in [0, 0.1) is 0 Å². The van der Waals surface area contributed by atoms with Gasteiger partial charge in [-0.3, -0.25) is 4.79 Å². The van der Waals surface area contributed by atoms with Gasteiger partial charge in [-0.05, 0) is 6.42 Å². The number of aliphatic carboxylic acids is 1. The maximum atomic E-state index is 12.0. The molecule has 1 atom stereocenters. The molecule has 0 spiro atoms. The lowest BCUT2D eigenvalue weighted by atomic mass is 10.2. The summed E-state index contributed by atoms with van der Waals surface area (Å²) in [7, 11) is 0. The zero-order chi connectivity index (χ0) is 10.5. The van der Waals surface area contributed by atoms with Crippen LogP contribution in [0.1, 0.15) is 19.8 Å². The van der Waals surface area contributed by atoms with Crippen molar-refractivity contribution in [3.05, 3.63) is 0 Å². The van der Waals surface area contributed by atoms with Crippen molar-refractivity contribution < 1.29 is 27.8 Å². The Hall–Kier alpha value is -0.780. The summed E-state index contributed by atoms with van der Waals surface area (Å²) in [6.07, 6.45) is -7.41. The third-order valence-corrected chi connectivity index (χ3v) is 1.25. The first kappa shape index (κ1) is 12.2. The first-order valence-corrected chi connectivity index (χ1v) is 3.78. The number of carboxylic acids is 1. The van der Waals surface area contributed by atoms with Crippen LogP contribution in [0.2, 0.25) is 0 Å². The lowest BCUT2D eigenvalue weighted by Crippen LogP contribution is -2.34. The average molecular weight is 200 g/mol. The van der Waals surface area contributed by atoms with Crippen molar-refractivity contribution in [1.29, 1.82) is 0 Å². The van der Waals surface area contributed by atoms with Gasteiger partial charge in [0.25, 0.3) is 0 Å². The zero-order valence-electron chi connectivity index (χ0n) is 7.10. The van der Waals surface area contributed by atoms with Crippen molar-refractivity contribution >= 4 is 5.97 Å². The van der Waals surface area contributed by atoms with E-state index in [1.54, 1.807) is 6.92 Å². The summed E-state index contributed by atoms with van der Waals surface area (Å²) in [6, 6.07) is 0. The SMILES string of the molecule is CCCOC(CC(=O)O)C(F)(F)F. The highest BCUT2D eigenvalue weighted by molar-refractivity contribution is 5.67. The van der Waals surface area contributed by atoms with Crippen molar-refractivity contribution in [2.75, 3.05) is 6.61 Å². The molecule has 0 aromatic rings. The lowest BCUT2D eigenvalue weighted by Gasteiger charge is -2.18. The molecule has 0 aromatic heterocycles. The summed E-state index contributed by atoms with van der Waals surface area (Å²) in [5.74, 6) is -1.52. The Kier molecular flexibility index (Phi) is 4.76. The topological polar surface area (TPSA) is 46.5 Å². The molecular formula is C7H11F3O3. The molecule has 0 rings (SSSR count). The highest BCUT2D eigenvalue weighted by Crippen LogP contribution is 2.25. The minimum absolute atomic E-state index is 0.0859. The molecule has 0 fully saturated rings. The molecule has 0 saturated heterocycles. The van der Waals surface area contributed by atoms with Gasteiger partial charge >= 0.3 is 12.1 Å². The van der Waals surface area contributed by atoms with E-state index >= 15 is 0 Å². The molecule has 0 heterocycles. The van der Waals surface area contributed by atoms with Gasteiger partial charge in [0.1, 0.15) is 0 Å². The fraction of sp³-hybridized carbons (Fsp3) is 0.857. The molecule has 0 aliphatic heterocycles.